The van der Waals surface area contributed by atoms with Gasteiger partial charge in [-0.25, -0.2) is 9.37 Å². The third kappa shape index (κ3) is 2.93. The maximum Gasteiger partial charge on any atom is 0.167 e. The summed E-state index contributed by atoms with van der Waals surface area (Å²) in [5, 5.41) is 12.6. The van der Waals surface area contributed by atoms with Gasteiger partial charge in [-0.15, -0.1) is 11.3 Å². The fraction of sp³-hybridized carbons (Fsp3) is 0.0909. The molecule has 1 aromatic heterocycles. The van der Waals surface area contributed by atoms with E-state index in [0.29, 0.717) is 15.0 Å². The number of benzene rings is 1. The highest BCUT2D eigenvalue weighted by Gasteiger charge is 2.14. The Labute approximate surface area is 106 Å². The second-order valence-electron chi connectivity index (χ2n) is 3.22. The molecule has 1 aromatic carbocycles. The van der Waals surface area contributed by atoms with Gasteiger partial charge >= 0.3 is 0 Å². The molecule has 0 amide bonds. The standard InChI is InChI=1S/C11H7ClFN3S/c12-10-6-15-11(17-10)9(5-14)16-8-3-1-7(13)2-4-8/h1-4,6,9,16H. The van der Waals surface area contributed by atoms with Crippen LogP contribution in [0.4, 0.5) is 10.1 Å². The number of hydrogen-bond donors (Lipinski definition) is 1. The van der Waals surface area contributed by atoms with Gasteiger partial charge in [0.15, 0.2) is 6.04 Å². The first-order valence-electron chi connectivity index (χ1n) is 4.72. The van der Waals surface area contributed by atoms with Crippen LogP contribution >= 0.6 is 22.9 Å². The lowest BCUT2D eigenvalue weighted by Gasteiger charge is -2.09. The van der Waals surface area contributed by atoms with Gasteiger partial charge in [-0.3, -0.25) is 0 Å². The van der Waals surface area contributed by atoms with Crippen LogP contribution in [0.1, 0.15) is 11.0 Å². The molecular weight excluding hydrogens is 261 g/mol. The summed E-state index contributed by atoms with van der Waals surface area (Å²) in [5.41, 5.74) is 0.657. The van der Waals surface area contributed by atoms with Crippen molar-refractivity contribution in [2.45, 2.75) is 6.04 Å². The summed E-state index contributed by atoms with van der Waals surface area (Å²) in [6, 6.07) is 7.27. The van der Waals surface area contributed by atoms with Crippen LogP contribution in [0.3, 0.4) is 0 Å². The van der Waals surface area contributed by atoms with E-state index in [9.17, 15) is 4.39 Å². The molecule has 0 radical (unpaired) electrons. The summed E-state index contributed by atoms with van der Waals surface area (Å²) in [6.45, 7) is 0. The number of anilines is 1. The molecule has 0 saturated carbocycles. The molecule has 0 spiro atoms. The highest BCUT2D eigenvalue weighted by atomic mass is 35.5. The van der Waals surface area contributed by atoms with Gasteiger partial charge in [-0.05, 0) is 24.3 Å². The number of nitriles is 1. The van der Waals surface area contributed by atoms with E-state index in [0.717, 1.165) is 0 Å². The van der Waals surface area contributed by atoms with E-state index in [1.807, 2.05) is 0 Å². The van der Waals surface area contributed by atoms with Gasteiger partial charge in [0.2, 0.25) is 0 Å². The lowest BCUT2D eigenvalue weighted by Crippen LogP contribution is -2.07. The first kappa shape index (κ1) is 11.8. The van der Waals surface area contributed by atoms with Crippen LogP contribution in [0.2, 0.25) is 4.34 Å². The summed E-state index contributed by atoms with van der Waals surface area (Å²) in [7, 11) is 0. The molecule has 1 heterocycles. The van der Waals surface area contributed by atoms with E-state index < -0.39 is 6.04 Å². The van der Waals surface area contributed by atoms with Crippen LogP contribution in [0.25, 0.3) is 0 Å². The molecule has 1 N–H and O–H groups in total. The molecule has 2 rings (SSSR count). The maximum atomic E-state index is 12.7. The molecule has 1 unspecified atom stereocenters. The molecule has 6 heteroatoms. The van der Waals surface area contributed by atoms with Gasteiger partial charge in [0.1, 0.15) is 15.2 Å². The monoisotopic (exact) mass is 267 g/mol. The molecule has 2 aromatic rings. The molecule has 86 valence electrons. The predicted molar refractivity (Wildman–Crippen MR) is 65.5 cm³/mol. The van der Waals surface area contributed by atoms with E-state index in [2.05, 4.69) is 16.4 Å². The molecule has 3 nitrogen and oxygen atoms in total. The Kier molecular flexibility index (Phi) is 3.57. The Balaban J connectivity index is 2.16. The highest BCUT2D eigenvalue weighted by Crippen LogP contribution is 2.26. The topological polar surface area (TPSA) is 48.7 Å². The lowest BCUT2D eigenvalue weighted by molar-refractivity contribution is 0.628. The van der Waals surface area contributed by atoms with Gasteiger partial charge in [-0.2, -0.15) is 5.26 Å². The summed E-state index contributed by atoms with van der Waals surface area (Å²) in [6.07, 6.45) is 1.50. The summed E-state index contributed by atoms with van der Waals surface area (Å²) < 4.78 is 13.2. The molecule has 0 aliphatic carbocycles. The van der Waals surface area contributed by atoms with Gasteiger partial charge in [-0.1, -0.05) is 11.6 Å². The van der Waals surface area contributed by atoms with Crippen LogP contribution in [-0.4, -0.2) is 4.98 Å². The molecule has 0 saturated heterocycles. The van der Waals surface area contributed by atoms with Gasteiger partial charge in [0.05, 0.1) is 12.3 Å². The fourth-order valence-electron chi connectivity index (χ4n) is 1.26. The molecular formula is C11H7ClFN3S. The van der Waals surface area contributed by atoms with Crippen molar-refractivity contribution >= 4 is 28.6 Å². The zero-order valence-electron chi connectivity index (χ0n) is 8.52. The van der Waals surface area contributed by atoms with Crippen molar-refractivity contribution in [3.63, 3.8) is 0 Å². The Morgan fingerprint density at radius 3 is 2.65 bits per heavy atom. The van der Waals surface area contributed by atoms with Crippen molar-refractivity contribution in [3.8, 4) is 6.07 Å². The average Bonchev–Trinajstić information content (AvgIpc) is 2.75. The van der Waals surface area contributed by atoms with E-state index >= 15 is 0 Å². The van der Waals surface area contributed by atoms with Crippen LogP contribution in [-0.2, 0) is 0 Å². The third-order valence-electron chi connectivity index (χ3n) is 2.03. The molecule has 0 aliphatic heterocycles. The molecule has 1 atom stereocenters. The van der Waals surface area contributed by atoms with Gasteiger partial charge < -0.3 is 5.32 Å². The first-order valence-corrected chi connectivity index (χ1v) is 5.91. The Bertz CT molecular complexity index is 547. The van der Waals surface area contributed by atoms with Crippen molar-refractivity contribution in [3.05, 3.63) is 45.6 Å². The SMILES string of the molecule is N#CC(Nc1ccc(F)cc1)c1ncc(Cl)s1. The molecule has 17 heavy (non-hydrogen) atoms. The zero-order valence-corrected chi connectivity index (χ0v) is 10.1. The van der Waals surface area contributed by atoms with Crippen LogP contribution in [0.5, 0.6) is 0 Å². The number of nitrogens with zero attached hydrogens (tertiary/aromatic N) is 2. The van der Waals surface area contributed by atoms with Crippen molar-refractivity contribution < 1.29 is 4.39 Å². The largest absolute Gasteiger partial charge is 0.364 e. The van der Waals surface area contributed by atoms with E-state index in [1.165, 1.54) is 29.7 Å². The van der Waals surface area contributed by atoms with Crippen LogP contribution in [0.15, 0.2) is 30.5 Å². The minimum atomic E-state index is -0.585. The van der Waals surface area contributed by atoms with E-state index in [4.69, 9.17) is 16.9 Å². The second kappa shape index (κ2) is 5.13. The third-order valence-corrected chi connectivity index (χ3v) is 3.21. The summed E-state index contributed by atoms with van der Waals surface area (Å²) >= 11 is 6.99. The van der Waals surface area contributed by atoms with Crippen LogP contribution < -0.4 is 5.32 Å². The average molecular weight is 268 g/mol. The number of rotatable bonds is 3. The van der Waals surface area contributed by atoms with Crippen molar-refractivity contribution in [2.75, 3.05) is 5.32 Å². The zero-order chi connectivity index (χ0) is 12.3. The quantitative estimate of drug-likeness (QED) is 0.924. The smallest absolute Gasteiger partial charge is 0.167 e. The summed E-state index contributed by atoms with van der Waals surface area (Å²) in [4.78, 5) is 4.03. The van der Waals surface area contributed by atoms with Gasteiger partial charge in [0, 0.05) is 5.69 Å². The first-order chi connectivity index (χ1) is 8.19. The predicted octanol–water partition coefficient (Wildman–Crippen LogP) is 3.61. The molecule has 0 bridgehead atoms. The van der Waals surface area contributed by atoms with E-state index in [1.54, 1.807) is 12.1 Å². The number of nitrogens with one attached hydrogen (secondary N) is 1. The minimum Gasteiger partial charge on any atom is -0.364 e. The fourth-order valence-corrected chi connectivity index (χ4v) is 2.19. The van der Waals surface area contributed by atoms with Crippen LogP contribution in [0, 0.1) is 17.1 Å². The Hall–Kier alpha value is -1.64. The summed E-state index contributed by atoms with van der Waals surface area (Å²) in [5.74, 6) is -0.318. The number of thiazole rings is 1. The highest BCUT2D eigenvalue weighted by molar-refractivity contribution is 7.15. The normalized spacial score (nSPS) is 11.8. The van der Waals surface area contributed by atoms with E-state index in [-0.39, 0.29) is 5.82 Å². The number of halogens is 2. The van der Waals surface area contributed by atoms with Crippen molar-refractivity contribution in [1.82, 2.24) is 4.98 Å². The van der Waals surface area contributed by atoms with Crippen molar-refractivity contribution in [2.24, 2.45) is 0 Å². The van der Waals surface area contributed by atoms with Gasteiger partial charge in [0.25, 0.3) is 0 Å². The number of hydrogen-bond acceptors (Lipinski definition) is 4. The lowest BCUT2D eigenvalue weighted by atomic mass is 10.2. The minimum absolute atomic E-state index is 0.318. The molecule has 0 fully saturated rings. The van der Waals surface area contributed by atoms with Crippen molar-refractivity contribution in [1.29, 1.82) is 5.26 Å². The number of aromatic nitrogens is 1. The molecule has 0 aliphatic rings. The maximum absolute atomic E-state index is 12.7. The Morgan fingerprint density at radius 1 is 1.41 bits per heavy atom. The second-order valence-corrected chi connectivity index (χ2v) is 4.91. The Morgan fingerprint density at radius 2 is 2.12 bits per heavy atom.